The van der Waals surface area contributed by atoms with Crippen LogP contribution in [0.15, 0.2) is 24.3 Å². The van der Waals surface area contributed by atoms with Crippen molar-refractivity contribution in [2.24, 2.45) is 5.73 Å². The number of amides is 2. The van der Waals surface area contributed by atoms with E-state index < -0.39 is 11.9 Å². The van der Waals surface area contributed by atoms with Crippen LogP contribution < -0.4 is 16.4 Å². The highest BCUT2D eigenvalue weighted by atomic mass is 16.2. The fourth-order valence-electron chi connectivity index (χ4n) is 1.73. The Kier molecular flexibility index (Phi) is 5.13. The molecule has 1 aromatic carbocycles. The Labute approximate surface area is 119 Å². The molecule has 0 aliphatic heterocycles. The van der Waals surface area contributed by atoms with Gasteiger partial charge in [0.2, 0.25) is 11.8 Å². The molecule has 5 nitrogen and oxygen atoms in total. The van der Waals surface area contributed by atoms with Crippen molar-refractivity contribution in [3.8, 4) is 0 Å². The van der Waals surface area contributed by atoms with Crippen molar-refractivity contribution in [1.82, 2.24) is 5.32 Å². The molecule has 0 aliphatic rings. The highest BCUT2D eigenvalue weighted by Gasteiger charge is 2.22. The third kappa shape index (κ3) is 5.73. The predicted octanol–water partition coefficient (Wildman–Crippen LogP) is 1.57. The van der Waals surface area contributed by atoms with Crippen LogP contribution in [0.5, 0.6) is 0 Å². The number of nitrogens with two attached hydrogens (primary N) is 1. The molecular weight excluding hydrogens is 254 g/mol. The van der Waals surface area contributed by atoms with Gasteiger partial charge in [0.1, 0.15) is 6.04 Å². The van der Waals surface area contributed by atoms with Crippen molar-refractivity contribution in [1.29, 1.82) is 0 Å². The summed E-state index contributed by atoms with van der Waals surface area (Å²) in [6.07, 6.45) is 0.0144. The van der Waals surface area contributed by atoms with E-state index in [1.165, 1.54) is 0 Å². The van der Waals surface area contributed by atoms with E-state index >= 15 is 0 Å². The summed E-state index contributed by atoms with van der Waals surface area (Å²) in [5.41, 5.74) is 6.90. The van der Waals surface area contributed by atoms with E-state index in [1.54, 1.807) is 0 Å². The summed E-state index contributed by atoms with van der Waals surface area (Å²) >= 11 is 0. The number of rotatable bonds is 5. The molecule has 1 aromatic rings. The molecule has 0 saturated heterocycles. The maximum atomic E-state index is 11.9. The monoisotopic (exact) mass is 277 g/mol. The lowest BCUT2D eigenvalue weighted by molar-refractivity contribution is -0.126. The van der Waals surface area contributed by atoms with Crippen molar-refractivity contribution < 1.29 is 9.59 Å². The minimum absolute atomic E-state index is 0.0144. The Morgan fingerprint density at radius 1 is 1.20 bits per heavy atom. The molecule has 5 heteroatoms. The van der Waals surface area contributed by atoms with Gasteiger partial charge in [-0.15, -0.1) is 0 Å². The molecule has 110 valence electrons. The Bertz CT molecular complexity index is 475. The van der Waals surface area contributed by atoms with Gasteiger partial charge in [-0.25, -0.2) is 0 Å². The van der Waals surface area contributed by atoms with Gasteiger partial charge in [0, 0.05) is 11.2 Å². The Morgan fingerprint density at radius 3 is 2.20 bits per heavy atom. The number of benzene rings is 1. The van der Waals surface area contributed by atoms with E-state index in [0.29, 0.717) is 0 Å². The molecule has 0 heterocycles. The van der Waals surface area contributed by atoms with E-state index in [9.17, 15) is 9.59 Å². The fourth-order valence-corrected chi connectivity index (χ4v) is 1.73. The third-order valence-corrected chi connectivity index (χ3v) is 2.64. The number of aryl methyl sites for hydroxylation is 1. The fraction of sp³-hybridized carbons (Fsp3) is 0.467. The minimum Gasteiger partial charge on any atom is -0.373 e. The van der Waals surface area contributed by atoms with Crippen molar-refractivity contribution >= 4 is 17.5 Å². The van der Waals surface area contributed by atoms with Crippen LogP contribution in [0.1, 0.15) is 32.8 Å². The smallest absolute Gasteiger partial charge is 0.240 e. The molecule has 4 N–H and O–H groups in total. The van der Waals surface area contributed by atoms with Gasteiger partial charge in [0.05, 0.1) is 6.42 Å². The molecule has 1 atom stereocenters. The third-order valence-electron chi connectivity index (χ3n) is 2.64. The lowest BCUT2D eigenvalue weighted by atomic mass is 10.1. The standard InChI is InChI=1S/C15H23N3O2/c1-10-5-7-11(8-6-10)17-12(14(16)20)9-13(19)18-15(2,3)4/h5-8,12,17H,9H2,1-4H3,(H2,16,20)(H,18,19). The first-order valence-electron chi connectivity index (χ1n) is 6.61. The summed E-state index contributed by atoms with van der Waals surface area (Å²) in [5, 5.41) is 5.80. The van der Waals surface area contributed by atoms with Crippen LogP contribution in [0.3, 0.4) is 0 Å². The molecule has 0 fully saturated rings. The average Bonchev–Trinajstić information content (AvgIpc) is 2.28. The summed E-state index contributed by atoms with van der Waals surface area (Å²) in [6.45, 7) is 7.64. The number of hydrogen-bond acceptors (Lipinski definition) is 3. The van der Waals surface area contributed by atoms with Gasteiger partial charge in [0.15, 0.2) is 0 Å². The Morgan fingerprint density at radius 2 is 1.75 bits per heavy atom. The molecule has 0 aliphatic carbocycles. The van der Waals surface area contributed by atoms with Gasteiger partial charge >= 0.3 is 0 Å². The first kappa shape index (κ1) is 16.0. The van der Waals surface area contributed by atoms with Crippen LogP contribution in [0.2, 0.25) is 0 Å². The lowest BCUT2D eigenvalue weighted by Gasteiger charge is -2.23. The summed E-state index contributed by atoms with van der Waals surface area (Å²) < 4.78 is 0. The van der Waals surface area contributed by atoms with Crippen LogP contribution in [-0.4, -0.2) is 23.4 Å². The van der Waals surface area contributed by atoms with E-state index in [-0.39, 0.29) is 17.9 Å². The van der Waals surface area contributed by atoms with Gasteiger partial charge in [-0.3, -0.25) is 9.59 Å². The van der Waals surface area contributed by atoms with Crippen LogP contribution in [0.4, 0.5) is 5.69 Å². The highest BCUT2D eigenvalue weighted by Crippen LogP contribution is 2.11. The van der Waals surface area contributed by atoms with Gasteiger partial charge in [-0.05, 0) is 39.8 Å². The zero-order valence-electron chi connectivity index (χ0n) is 12.5. The largest absolute Gasteiger partial charge is 0.373 e. The first-order chi connectivity index (χ1) is 9.17. The normalized spacial score (nSPS) is 12.6. The Hall–Kier alpha value is -2.04. The number of primary amides is 1. The number of nitrogens with one attached hydrogen (secondary N) is 2. The summed E-state index contributed by atoms with van der Waals surface area (Å²) in [4.78, 5) is 23.3. The quantitative estimate of drug-likeness (QED) is 0.763. The van der Waals surface area contributed by atoms with E-state index in [2.05, 4.69) is 10.6 Å². The lowest BCUT2D eigenvalue weighted by Crippen LogP contribution is -2.45. The van der Waals surface area contributed by atoms with Crippen molar-refractivity contribution in [3.05, 3.63) is 29.8 Å². The van der Waals surface area contributed by atoms with Crippen LogP contribution in [0.25, 0.3) is 0 Å². The second-order valence-corrected chi connectivity index (χ2v) is 5.97. The first-order valence-corrected chi connectivity index (χ1v) is 6.61. The molecule has 0 aromatic heterocycles. The van der Waals surface area contributed by atoms with Gasteiger partial charge in [-0.2, -0.15) is 0 Å². The molecule has 20 heavy (non-hydrogen) atoms. The molecule has 0 bridgehead atoms. The van der Waals surface area contributed by atoms with Crippen LogP contribution in [0, 0.1) is 6.92 Å². The Balaban J connectivity index is 2.68. The summed E-state index contributed by atoms with van der Waals surface area (Å²) in [5.74, 6) is -0.754. The minimum atomic E-state index is -0.722. The zero-order valence-corrected chi connectivity index (χ0v) is 12.5. The van der Waals surface area contributed by atoms with Gasteiger partial charge in [-0.1, -0.05) is 17.7 Å². The molecule has 0 radical (unpaired) electrons. The van der Waals surface area contributed by atoms with Crippen molar-refractivity contribution in [2.75, 3.05) is 5.32 Å². The van der Waals surface area contributed by atoms with Gasteiger partial charge in [0.25, 0.3) is 0 Å². The summed E-state index contributed by atoms with van der Waals surface area (Å²) in [6, 6.07) is 6.84. The van der Waals surface area contributed by atoms with Crippen LogP contribution in [-0.2, 0) is 9.59 Å². The molecule has 0 spiro atoms. The molecule has 0 saturated carbocycles. The number of anilines is 1. The van der Waals surface area contributed by atoms with E-state index in [1.807, 2.05) is 52.0 Å². The van der Waals surface area contributed by atoms with Crippen molar-refractivity contribution in [3.63, 3.8) is 0 Å². The second kappa shape index (κ2) is 6.41. The second-order valence-electron chi connectivity index (χ2n) is 5.97. The molecule has 1 rings (SSSR count). The van der Waals surface area contributed by atoms with E-state index in [4.69, 9.17) is 5.73 Å². The number of carbonyl (C=O) groups is 2. The average molecular weight is 277 g/mol. The van der Waals surface area contributed by atoms with Crippen molar-refractivity contribution in [2.45, 2.75) is 45.7 Å². The molecule has 2 amide bonds. The number of carbonyl (C=O) groups excluding carboxylic acids is 2. The maximum Gasteiger partial charge on any atom is 0.240 e. The number of hydrogen-bond donors (Lipinski definition) is 3. The molecular formula is C15H23N3O2. The van der Waals surface area contributed by atoms with Crippen LogP contribution >= 0.6 is 0 Å². The predicted molar refractivity (Wildman–Crippen MR) is 80.3 cm³/mol. The SMILES string of the molecule is Cc1ccc(NC(CC(=O)NC(C)(C)C)C(N)=O)cc1. The van der Waals surface area contributed by atoms with E-state index in [0.717, 1.165) is 11.3 Å². The van der Waals surface area contributed by atoms with Gasteiger partial charge < -0.3 is 16.4 Å². The highest BCUT2D eigenvalue weighted by molar-refractivity contribution is 5.89. The molecule has 1 unspecified atom stereocenters. The maximum absolute atomic E-state index is 11.9. The topological polar surface area (TPSA) is 84.2 Å². The zero-order chi connectivity index (χ0) is 15.3. The summed E-state index contributed by atoms with van der Waals surface area (Å²) in [7, 11) is 0.